The highest BCUT2D eigenvalue weighted by atomic mass is 19.1. The summed E-state index contributed by atoms with van der Waals surface area (Å²) >= 11 is 0. The molecule has 0 aliphatic heterocycles. The molecule has 0 saturated heterocycles. The lowest BCUT2D eigenvalue weighted by molar-refractivity contribution is -0.136. The predicted molar refractivity (Wildman–Crippen MR) is 57.0 cm³/mol. The van der Waals surface area contributed by atoms with Crippen molar-refractivity contribution in [3.05, 3.63) is 11.4 Å². The van der Waals surface area contributed by atoms with Gasteiger partial charge in [-0.05, 0) is 19.8 Å². The lowest BCUT2D eigenvalue weighted by atomic mass is 9.96. The molecule has 0 spiro atoms. The van der Waals surface area contributed by atoms with E-state index in [0.29, 0.717) is 0 Å². The molecule has 0 radical (unpaired) electrons. The predicted octanol–water partition coefficient (Wildman–Crippen LogP) is 3.37. The van der Waals surface area contributed by atoms with E-state index in [2.05, 4.69) is 4.74 Å². The van der Waals surface area contributed by atoms with E-state index >= 15 is 0 Å². The maximum atomic E-state index is 13.9. The molecule has 0 aromatic heterocycles. The minimum Gasteiger partial charge on any atom is -0.466 e. The summed E-state index contributed by atoms with van der Waals surface area (Å²) in [5, 5.41) is 0. The van der Waals surface area contributed by atoms with Crippen LogP contribution in [0.4, 0.5) is 4.39 Å². The van der Waals surface area contributed by atoms with Crippen molar-refractivity contribution >= 4 is 5.97 Å². The van der Waals surface area contributed by atoms with Crippen LogP contribution in [0.3, 0.4) is 0 Å². The first-order chi connectivity index (χ1) is 7.16. The molecule has 1 rings (SSSR count). The van der Waals surface area contributed by atoms with Crippen molar-refractivity contribution in [2.24, 2.45) is 5.92 Å². The fraction of sp³-hybridized carbons (Fsp3) is 0.750. The van der Waals surface area contributed by atoms with E-state index in [-0.39, 0.29) is 17.3 Å². The average molecular weight is 214 g/mol. The summed E-state index contributed by atoms with van der Waals surface area (Å²) in [4.78, 5) is 11.2. The zero-order valence-electron chi connectivity index (χ0n) is 9.51. The number of hydrogen-bond acceptors (Lipinski definition) is 2. The molecule has 0 heterocycles. The SMILES string of the molecule is COC(=O)C(C)=C(F)C1CCCCCC1. The summed E-state index contributed by atoms with van der Waals surface area (Å²) in [6.07, 6.45) is 6.21. The summed E-state index contributed by atoms with van der Waals surface area (Å²) in [5.41, 5.74) is 0.143. The molecule has 0 N–H and O–H groups in total. The zero-order chi connectivity index (χ0) is 11.3. The Kier molecular flexibility index (Phi) is 4.79. The van der Waals surface area contributed by atoms with Crippen LogP contribution >= 0.6 is 0 Å². The second-order valence-electron chi connectivity index (χ2n) is 4.15. The molecule has 15 heavy (non-hydrogen) atoms. The van der Waals surface area contributed by atoms with Crippen LogP contribution in [-0.2, 0) is 9.53 Å². The van der Waals surface area contributed by atoms with Crippen LogP contribution in [0.25, 0.3) is 0 Å². The monoisotopic (exact) mass is 214 g/mol. The van der Waals surface area contributed by atoms with Crippen molar-refractivity contribution in [3.63, 3.8) is 0 Å². The highest BCUT2D eigenvalue weighted by molar-refractivity contribution is 5.88. The summed E-state index contributed by atoms with van der Waals surface area (Å²) in [6.45, 7) is 1.51. The molecular formula is C12H19FO2. The largest absolute Gasteiger partial charge is 0.466 e. The molecule has 0 atom stereocenters. The highest BCUT2D eigenvalue weighted by Gasteiger charge is 2.21. The number of halogens is 1. The number of allylic oxidation sites excluding steroid dienone is 1. The lowest BCUT2D eigenvalue weighted by Crippen LogP contribution is -2.09. The second-order valence-corrected chi connectivity index (χ2v) is 4.15. The molecule has 0 aromatic rings. The van der Waals surface area contributed by atoms with Gasteiger partial charge in [0, 0.05) is 5.92 Å². The molecule has 0 unspecified atom stereocenters. The molecule has 0 aromatic carbocycles. The van der Waals surface area contributed by atoms with Crippen molar-refractivity contribution in [2.75, 3.05) is 7.11 Å². The van der Waals surface area contributed by atoms with Crippen molar-refractivity contribution in [3.8, 4) is 0 Å². The number of rotatable bonds is 2. The van der Waals surface area contributed by atoms with Gasteiger partial charge in [0.2, 0.25) is 0 Å². The van der Waals surface area contributed by atoms with Crippen LogP contribution in [0.5, 0.6) is 0 Å². The summed E-state index contributed by atoms with van der Waals surface area (Å²) in [7, 11) is 1.28. The summed E-state index contributed by atoms with van der Waals surface area (Å²) in [6, 6.07) is 0. The lowest BCUT2D eigenvalue weighted by Gasteiger charge is -2.13. The quantitative estimate of drug-likeness (QED) is 0.400. The van der Waals surface area contributed by atoms with Crippen LogP contribution in [-0.4, -0.2) is 13.1 Å². The highest BCUT2D eigenvalue weighted by Crippen LogP contribution is 2.31. The van der Waals surface area contributed by atoms with E-state index in [9.17, 15) is 9.18 Å². The molecule has 1 aliphatic carbocycles. The van der Waals surface area contributed by atoms with Crippen LogP contribution in [0.15, 0.2) is 11.4 Å². The Morgan fingerprint density at radius 1 is 1.20 bits per heavy atom. The molecule has 1 fully saturated rings. The van der Waals surface area contributed by atoms with Gasteiger partial charge in [0.25, 0.3) is 0 Å². The Hall–Kier alpha value is -0.860. The third kappa shape index (κ3) is 3.33. The average Bonchev–Trinajstić information content (AvgIpc) is 2.54. The first-order valence-corrected chi connectivity index (χ1v) is 5.61. The van der Waals surface area contributed by atoms with Crippen LogP contribution in [0.1, 0.15) is 45.4 Å². The Labute approximate surface area is 90.5 Å². The Morgan fingerprint density at radius 3 is 2.20 bits per heavy atom. The third-order valence-corrected chi connectivity index (χ3v) is 3.06. The van der Waals surface area contributed by atoms with Gasteiger partial charge in [0.15, 0.2) is 0 Å². The number of hydrogen-bond donors (Lipinski definition) is 0. The fourth-order valence-electron chi connectivity index (χ4n) is 2.09. The minimum absolute atomic E-state index is 0.0633. The molecule has 0 bridgehead atoms. The smallest absolute Gasteiger partial charge is 0.336 e. The topological polar surface area (TPSA) is 26.3 Å². The van der Waals surface area contributed by atoms with E-state index < -0.39 is 5.97 Å². The van der Waals surface area contributed by atoms with E-state index in [0.717, 1.165) is 25.7 Å². The van der Waals surface area contributed by atoms with E-state index in [1.54, 1.807) is 0 Å². The van der Waals surface area contributed by atoms with Crippen molar-refractivity contribution in [1.82, 2.24) is 0 Å². The normalized spacial score (nSPS) is 20.5. The van der Waals surface area contributed by atoms with Crippen molar-refractivity contribution in [1.29, 1.82) is 0 Å². The fourth-order valence-corrected chi connectivity index (χ4v) is 2.09. The van der Waals surface area contributed by atoms with E-state index in [4.69, 9.17) is 0 Å². The van der Waals surface area contributed by atoms with Crippen molar-refractivity contribution < 1.29 is 13.9 Å². The van der Waals surface area contributed by atoms with Crippen molar-refractivity contribution in [2.45, 2.75) is 45.4 Å². The molecule has 3 heteroatoms. The molecule has 0 amide bonds. The van der Waals surface area contributed by atoms with Gasteiger partial charge in [-0.3, -0.25) is 0 Å². The van der Waals surface area contributed by atoms with Gasteiger partial charge < -0.3 is 4.74 Å². The maximum absolute atomic E-state index is 13.9. The zero-order valence-corrected chi connectivity index (χ0v) is 9.51. The molecule has 1 aliphatic rings. The van der Waals surface area contributed by atoms with Gasteiger partial charge in [0.1, 0.15) is 5.83 Å². The number of esters is 1. The molecular weight excluding hydrogens is 195 g/mol. The maximum Gasteiger partial charge on any atom is 0.336 e. The number of methoxy groups -OCH3 is 1. The first-order valence-electron chi connectivity index (χ1n) is 5.61. The van der Waals surface area contributed by atoms with Gasteiger partial charge in [-0.1, -0.05) is 25.7 Å². The van der Waals surface area contributed by atoms with E-state index in [1.165, 1.54) is 26.9 Å². The Bertz CT molecular complexity index is 250. The molecule has 2 nitrogen and oxygen atoms in total. The summed E-state index contributed by atoms with van der Waals surface area (Å²) < 4.78 is 18.4. The second kappa shape index (κ2) is 5.89. The van der Waals surface area contributed by atoms with Gasteiger partial charge >= 0.3 is 5.97 Å². The van der Waals surface area contributed by atoms with Crippen LogP contribution in [0, 0.1) is 5.92 Å². The number of carbonyl (C=O) groups is 1. The van der Waals surface area contributed by atoms with Gasteiger partial charge in [-0.25, -0.2) is 9.18 Å². The first kappa shape index (κ1) is 12.2. The molecule has 86 valence electrons. The van der Waals surface area contributed by atoms with Crippen LogP contribution < -0.4 is 0 Å². The third-order valence-electron chi connectivity index (χ3n) is 3.06. The van der Waals surface area contributed by atoms with Gasteiger partial charge in [-0.2, -0.15) is 0 Å². The number of ether oxygens (including phenoxy) is 1. The number of carbonyl (C=O) groups excluding carboxylic acids is 1. The van der Waals surface area contributed by atoms with Crippen LogP contribution in [0.2, 0.25) is 0 Å². The standard InChI is InChI=1S/C12H19FO2/c1-9(12(14)15-2)11(13)10-7-5-3-4-6-8-10/h10H,3-8H2,1-2H3. The van der Waals surface area contributed by atoms with Gasteiger partial charge in [0.05, 0.1) is 12.7 Å². The molecule has 1 saturated carbocycles. The minimum atomic E-state index is -0.545. The van der Waals surface area contributed by atoms with Gasteiger partial charge in [-0.15, -0.1) is 0 Å². The van der Waals surface area contributed by atoms with E-state index in [1.807, 2.05) is 0 Å². The summed E-state index contributed by atoms with van der Waals surface area (Å²) in [5.74, 6) is -0.868. The Morgan fingerprint density at radius 2 is 1.73 bits per heavy atom. The Balaban J connectivity index is 2.71.